The van der Waals surface area contributed by atoms with E-state index >= 15 is 0 Å². The number of hydrogen-bond acceptors (Lipinski definition) is 3. The third kappa shape index (κ3) is 3.42. The van der Waals surface area contributed by atoms with Gasteiger partial charge in [-0.3, -0.25) is 0 Å². The van der Waals surface area contributed by atoms with Gasteiger partial charge >= 0.3 is 18.1 Å². The summed E-state index contributed by atoms with van der Waals surface area (Å²) in [6, 6.07) is 3.14. The Kier molecular flexibility index (Phi) is 4.41. The molecule has 0 aliphatic carbocycles. The van der Waals surface area contributed by atoms with Crippen LogP contribution in [0.25, 0.3) is 0 Å². The van der Waals surface area contributed by atoms with E-state index in [1.807, 2.05) is 0 Å². The maximum atomic E-state index is 13.6. The third-order valence-electron chi connectivity index (χ3n) is 2.84. The quantitative estimate of drug-likeness (QED) is 0.832. The molecule has 0 aliphatic rings. The van der Waals surface area contributed by atoms with Gasteiger partial charge in [0.25, 0.3) is 5.88 Å². The molecule has 0 bridgehead atoms. The highest BCUT2D eigenvalue weighted by atomic mass is 19.4. The molecule has 0 spiro atoms. The zero-order valence-electron chi connectivity index (χ0n) is 11.4. The molecule has 0 fully saturated rings. The number of hydrogen-bond donors (Lipinski definition) is 1. The Bertz CT molecular complexity index is 758. The Morgan fingerprint density at radius 2 is 1.67 bits per heavy atom. The first-order valence-corrected chi connectivity index (χ1v) is 6.14. The first-order valence-electron chi connectivity index (χ1n) is 6.14. The minimum atomic E-state index is -5.75. The first kappa shape index (κ1) is 17.6. The van der Waals surface area contributed by atoms with Gasteiger partial charge in [-0.15, -0.1) is 0 Å². The molecule has 10 heteroatoms. The lowest BCUT2D eigenvalue weighted by molar-refractivity contribution is -0.289. The van der Waals surface area contributed by atoms with Crippen molar-refractivity contribution in [2.24, 2.45) is 0 Å². The van der Waals surface area contributed by atoms with Gasteiger partial charge in [0, 0.05) is 11.8 Å². The fourth-order valence-electron chi connectivity index (χ4n) is 1.63. The summed E-state index contributed by atoms with van der Waals surface area (Å²) in [7, 11) is 0. The van der Waals surface area contributed by atoms with E-state index in [2.05, 4.69) is 4.98 Å². The highest BCUT2D eigenvalue weighted by molar-refractivity contribution is 5.87. The Morgan fingerprint density at radius 3 is 2.12 bits per heavy atom. The van der Waals surface area contributed by atoms with E-state index in [1.165, 1.54) is 0 Å². The van der Waals surface area contributed by atoms with Gasteiger partial charge in [-0.25, -0.2) is 14.2 Å². The average molecular weight is 351 g/mol. The molecular formula is C14H7F6NO3. The van der Waals surface area contributed by atoms with Crippen LogP contribution in [0.5, 0.6) is 11.6 Å². The van der Waals surface area contributed by atoms with Crippen molar-refractivity contribution in [3.05, 3.63) is 53.5 Å². The molecule has 1 aromatic heterocycles. The highest BCUT2D eigenvalue weighted by Gasteiger charge is 2.58. The van der Waals surface area contributed by atoms with Crippen LogP contribution in [-0.4, -0.2) is 22.2 Å². The van der Waals surface area contributed by atoms with Gasteiger partial charge in [-0.05, 0) is 30.3 Å². The standard InChI is InChI=1S/C14H7F6NO3/c15-10-5-7(12(22)23)6-21-11(10)24-9-3-1-8(2-4-9)13(16,17)14(18,19)20/h1-6H,(H,22,23). The molecule has 0 radical (unpaired) electrons. The number of carbonyl (C=O) groups is 1. The number of rotatable bonds is 4. The monoisotopic (exact) mass is 351 g/mol. The molecule has 2 aromatic rings. The van der Waals surface area contributed by atoms with Crippen LogP contribution >= 0.6 is 0 Å². The molecule has 1 N–H and O–H groups in total. The second kappa shape index (κ2) is 6.02. The summed E-state index contributed by atoms with van der Waals surface area (Å²) in [6.07, 6.45) is -4.96. The summed E-state index contributed by atoms with van der Waals surface area (Å²) in [6.45, 7) is 0. The van der Waals surface area contributed by atoms with Crippen molar-refractivity contribution in [3.8, 4) is 11.6 Å². The SMILES string of the molecule is O=C(O)c1cnc(Oc2ccc(C(F)(F)C(F)(F)F)cc2)c(F)c1. The van der Waals surface area contributed by atoms with Crippen molar-refractivity contribution < 1.29 is 41.0 Å². The molecule has 0 saturated heterocycles. The van der Waals surface area contributed by atoms with Gasteiger partial charge in [0.15, 0.2) is 5.82 Å². The average Bonchev–Trinajstić information content (AvgIpc) is 2.48. The zero-order chi connectivity index (χ0) is 18.1. The van der Waals surface area contributed by atoms with E-state index in [0.29, 0.717) is 18.2 Å². The van der Waals surface area contributed by atoms with Crippen LogP contribution in [0.3, 0.4) is 0 Å². The van der Waals surface area contributed by atoms with Crippen molar-refractivity contribution in [3.63, 3.8) is 0 Å². The third-order valence-corrected chi connectivity index (χ3v) is 2.84. The van der Waals surface area contributed by atoms with Crippen molar-refractivity contribution in [2.45, 2.75) is 12.1 Å². The van der Waals surface area contributed by atoms with E-state index in [9.17, 15) is 31.1 Å². The summed E-state index contributed by atoms with van der Waals surface area (Å²) >= 11 is 0. The maximum absolute atomic E-state index is 13.6. The number of ether oxygens (including phenoxy) is 1. The normalized spacial score (nSPS) is 12.1. The maximum Gasteiger partial charge on any atom is 0.458 e. The number of benzene rings is 1. The molecule has 24 heavy (non-hydrogen) atoms. The van der Waals surface area contributed by atoms with Crippen molar-refractivity contribution >= 4 is 5.97 Å². The number of pyridine rings is 1. The summed E-state index contributed by atoms with van der Waals surface area (Å²) in [5, 5.41) is 8.65. The van der Waals surface area contributed by atoms with Crippen LogP contribution in [0.15, 0.2) is 36.5 Å². The Hall–Kier alpha value is -2.78. The smallest absolute Gasteiger partial charge is 0.458 e. The zero-order valence-corrected chi connectivity index (χ0v) is 11.4. The largest absolute Gasteiger partial charge is 0.478 e. The summed E-state index contributed by atoms with van der Waals surface area (Å²) in [5.41, 5.74) is -1.75. The van der Waals surface area contributed by atoms with Gasteiger partial charge in [0.05, 0.1) is 5.56 Å². The number of nitrogens with zero attached hydrogens (tertiary/aromatic N) is 1. The molecule has 1 aromatic carbocycles. The molecule has 1 heterocycles. The van der Waals surface area contributed by atoms with Crippen LogP contribution in [-0.2, 0) is 5.92 Å². The van der Waals surface area contributed by atoms with E-state index in [0.717, 1.165) is 18.3 Å². The van der Waals surface area contributed by atoms with E-state index in [4.69, 9.17) is 9.84 Å². The number of alkyl halides is 5. The lowest BCUT2D eigenvalue weighted by atomic mass is 10.1. The Balaban J connectivity index is 2.22. The minimum absolute atomic E-state index is 0.258. The van der Waals surface area contributed by atoms with Crippen molar-refractivity contribution in [1.29, 1.82) is 0 Å². The fraction of sp³-hybridized carbons (Fsp3) is 0.143. The lowest BCUT2D eigenvalue weighted by Crippen LogP contribution is -2.33. The molecule has 128 valence electrons. The molecule has 0 saturated carbocycles. The molecule has 0 amide bonds. The van der Waals surface area contributed by atoms with Crippen LogP contribution in [0.4, 0.5) is 26.3 Å². The van der Waals surface area contributed by atoms with Crippen LogP contribution in [0, 0.1) is 5.82 Å². The molecular weight excluding hydrogens is 344 g/mol. The molecule has 2 rings (SSSR count). The predicted octanol–water partition coefficient (Wildman–Crippen LogP) is 4.37. The van der Waals surface area contributed by atoms with Crippen molar-refractivity contribution in [2.75, 3.05) is 0 Å². The Morgan fingerprint density at radius 1 is 1.08 bits per heavy atom. The van der Waals surface area contributed by atoms with Gasteiger partial charge in [0.1, 0.15) is 5.75 Å². The van der Waals surface area contributed by atoms with Gasteiger partial charge in [-0.2, -0.15) is 22.0 Å². The van der Waals surface area contributed by atoms with Crippen LogP contribution in [0.1, 0.15) is 15.9 Å². The predicted molar refractivity (Wildman–Crippen MR) is 67.6 cm³/mol. The van der Waals surface area contributed by atoms with E-state index < -0.39 is 40.9 Å². The second-order valence-corrected chi connectivity index (χ2v) is 4.51. The lowest BCUT2D eigenvalue weighted by Gasteiger charge is -2.19. The number of halogens is 6. The van der Waals surface area contributed by atoms with Gasteiger partial charge < -0.3 is 9.84 Å². The van der Waals surface area contributed by atoms with E-state index in [-0.39, 0.29) is 5.75 Å². The summed E-state index contributed by atoms with van der Waals surface area (Å²) < 4.78 is 81.4. The van der Waals surface area contributed by atoms with Crippen LogP contribution < -0.4 is 4.74 Å². The highest BCUT2D eigenvalue weighted by Crippen LogP contribution is 2.44. The fourth-order valence-corrected chi connectivity index (χ4v) is 1.63. The van der Waals surface area contributed by atoms with Crippen molar-refractivity contribution in [1.82, 2.24) is 4.98 Å². The first-order chi connectivity index (χ1) is 11.0. The number of carboxylic acid groups (broad SMARTS) is 1. The van der Waals surface area contributed by atoms with Gasteiger partial charge in [-0.1, -0.05) is 0 Å². The second-order valence-electron chi connectivity index (χ2n) is 4.51. The topological polar surface area (TPSA) is 59.4 Å². The summed E-state index contributed by atoms with van der Waals surface area (Å²) in [4.78, 5) is 14.0. The number of carboxylic acids is 1. The molecule has 4 nitrogen and oxygen atoms in total. The minimum Gasteiger partial charge on any atom is -0.478 e. The summed E-state index contributed by atoms with van der Waals surface area (Å²) in [5.74, 6) is -8.52. The molecule has 0 unspecified atom stereocenters. The molecule has 0 aliphatic heterocycles. The number of aromatic nitrogens is 1. The van der Waals surface area contributed by atoms with E-state index in [1.54, 1.807) is 0 Å². The number of aromatic carboxylic acids is 1. The molecule has 0 atom stereocenters. The van der Waals surface area contributed by atoms with Crippen LogP contribution in [0.2, 0.25) is 0 Å². The Labute approximate surface area is 130 Å². The van der Waals surface area contributed by atoms with Gasteiger partial charge in [0.2, 0.25) is 0 Å².